The molecule has 0 bridgehead atoms. The number of piperidine rings is 1. The van der Waals surface area contributed by atoms with Crippen LogP contribution in [-0.4, -0.2) is 31.7 Å². The molecule has 1 atom stereocenters. The summed E-state index contributed by atoms with van der Waals surface area (Å²) in [5.41, 5.74) is 2.87. The number of nitrogens with zero attached hydrogens (tertiary/aromatic N) is 1. The van der Waals surface area contributed by atoms with Gasteiger partial charge < -0.3 is 5.32 Å². The molecule has 1 N–H and O–H groups in total. The summed E-state index contributed by atoms with van der Waals surface area (Å²) in [6, 6.07) is 9.25. The second kappa shape index (κ2) is 7.27. The van der Waals surface area contributed by atoms with Crippen molar-refractivity contribution >= 4 is 33.0 Å². The van der Waals surface area contributed by atoms with Crippen LogP contribution in [0.4, 0.5) is 5.69 Å². The van der Waals surface area contributed by atoms with E-state index in [1.807, 2.05) is 32.0 Å². The van der Waals surface area contributed by atoms with Crippen molar-refractivity contribution in [2.75, 3.05) is 18.4 Å². The maximum Gasteiger partial charge on any atom is 0.252 e. The van der Waals surface area contributed by atoms with Gasteiger partial charge in [0, 0.05) is 18.8 Å². The van der Waals surface area contributed by atoms with Crippen molar-refractivity contribution in [3.8, 4) is 0 Å². The lowest BCUT2D eigenvalue weighted by atomic mass is 9.98. The number of carbonyl (C=O) groups excluding carboxylic acids is 1. The Morgan fingerprint density at radius 3 is 2.80 bits per heavy atom. The first-order chi connectivity index (χ1) is 11.9. The highest BCUT2D eigenvalue weighted by Crippen LogP contribution is 2.27. The summed E-state index contributed by atoms with van der Waals surface area (Å²) in [7, 11) is -3.50. The predicted octanol–water partition coefficient (Wildman–Crippen LogP) is 3.40. The van der Waals surface area contributed by atoms with Gasteiger partial charge in [-0.05, 0) is 55.3 Å². The molecule has 2 heterocycles. The maximum absolute atomic E-state index is 12.7. The fourth-order valence-electron chi connectivity index (χ4n) is 3.02. The van der Waals surface area contributed by atoms with Crippen LogP contribution in [0.1, 0.15) is 24.0 Å². The number of hydrogen-bond donors (Lipinski definition) is 1. The molecule has 0 saturated carbocycles. The van der Waals surface area contributed by atoms with Crippen LogP contribution in [0.25, 0.3) is 0 Å². The highest BCUT2D eigenvalue weighted by atomic mass is 32.2. The zero-order valence-corrected chi connectivity index (χ0v) is 16.0. The fraction of sp³-hybridized carbons (Fsp3) is 0.389. The van der Waals surface area contributed by atoms with Crippen molar-refractivity contribution in [2.45, 2.75) is 30.9 Å². The highest BCUT2D eigenvalue weighted by molar-refractivity contribution is 7.91. The van der Waals surface area contributed by atoms with Gasteiger partial charge in [-0.25, -0.2) is 8.42 Å². The lowest BCUT2D eigenvalue weighted by Crippen LogP contribution is -2.43. The van der Waals surface area contributed by atoms with E-state index < -0.39 is 10.0 Å². The third kappa shape index (κ3) is 3.94. The Labute approximate surface area is 152 Å². The van der Waals surface area contributed by atoms with Crippen LogP contribution in [0.5, 0.6) is 0 Å². The van der Waals surface area contributed by atoms with Crippen LogP contribution in [0.2, 0.25) is 0 Å². The second-order valence-corrected chi connectivity index (χ2v) is 9.55. The van der Waals surface area contributed by atoms with E-state index in [4.69, 9.17) is 0 Å². The number of carbonyl (C=O) groups is 1. The largest absolute Gasteiger partial charge is 0.326 e. The average Bonchev–Trinajstić information content (AvgIpc) is 3.13. The summed E-state index contributed by atoms with van der Waals surface area (Å²) in [6.07, 6.45) is 1.39. The van der Waals surface area contributed by atoms with Gasteiger partial charge in [0.1, 0.15) is 4.21 Å². The fourth-order valence-corrected chi connectivity index (χ4v) is 5.69. The van der Waals surface area contributed by atoms with Crippen molar-refractivity contribution in [3.05, 3.63) is 46.8 Å². The van der Waals surface area contributed by atoms with Crippen molar-refractivity contribution < 1.29 is 13.2 Å². The Morgan fingerprint density at radius 1 is 1.28 bits per heavy atom. The Bertz CT molecular complexity index is 860. The van der Waals surface area contributed by atoms with E-state index in [2.05, 4.69) is 5.32 Å². The Balaban J connectivity index is 1.73. The molecule has 0 radical (unpaired) electrons. The van der Waals surface area contributed by atoms with Crippen molar-refractivity contribution in [3.63, 3.8) is 0 Å². The molecule has 1 aromatic carbocycles. The van der Waals surface area contributed by atoms with E-state index in [0.717, 1.165) is 16.8 Å². The van der Waals surface area contributed by atoms with Gasteiger partial charge in [0.25, 0.3) is 10.0 Å². The van der Waals surface area contributed by atoms with E-state index in [1.54, 1.807) is 17.5 Å². The molecule has 1 aromatic heterocycles. The number of sulfonamides is 1. The normalized spacial score (nSPS) is 18.9. The number of thiophene rings is 1. The molecule has 0 aliphatic carbocycles. The summed E-state index contributed by atoms with van der Waals surface area (Å²) in [4.78, 5) is 12.7. The van der Waals surface area contributed by atoms with Crippen LogP contribution in [0, 0.1) is 19.8 Å². The summed E-state index contributed by atoms with van der Waals surface area (Å²) in [5, 5.41) is 4.72. The summed E-state index contributed by atoms with van der Waals surface area (Å²) >= 11 is 1.21. The number of amides is 1. The van der Waals surface area contributed by atoms with Gasteiger partial charge in [-0.3, -0.25) is 4.79 Å². The zero-order chi connectivity index (χ0) is 18.0. The number of rotatable bonds is 4. The minimum atomic E-state index is -3.50. The number of anilines is 1. The topological polar surface area (TPSA) is 66.5 Å². The molecular formula is C18H22N2O3S2. The Kier molecular flexibility index (Phi) is 5.27. The first-order valence-corrected chi connectivity index (χ1v) is 10.6. The van der Waals surface area contributed by atoms with Gasteiger partial charge >= 0.3 is 0 Å². The van der Waals surface area contributed by atoms with E-state index >= 15 is 0 Å². The number of benzene rings is 1. The molecule has 5 nitrogen and oxygen atoms in total. The molecule has 1 saturated heterocycles. The third-order valence-electron chi connectivity index (χ3n) is 4.50. The van der Waals surface area contributed by atoms with Crippen molar-refractivity contribution in [1.29, 1.82) is 0 Å². The molecule has 1 amide bonds. The minimum absolute atomic E-state index is 0.111. The first-order valence-electron chi connectivity index (χ1n) is 8.29. The minimum Gasteiger partial charge on any atom is -0.326 e. The molecule has 134 valence electrons. The Morgan fingerprint density at radius 2 is 2.08 bits per heavy atom. The van der Waals surface area contributed by atoms with Crippen LogP contribution < -0.4 is 5.32 Å². The summed E-state index contributed by atoms with van der Waals surface area (Å²) in [6.45, 7) is 4.62. The number of aryl methyl sites for hydroxylation is 2. The molecule has 0 spiro atoms. The average molecular weight is 379 g/mol. The lowest BCUT2D eigenvalue weighted by molar-refractivity contribution is -0.120. The summed E-state index contributed by atoms with van der Waals surface area (Å²) in [5.74, 6) is -0.442. The van der Waals surface area contributed by atoms with Gasteiger partial charge in [-0.15, -0.1) is 11.3 Å². The first kappa shape index (κ1) is 18.1. The molecule has 7 heteroatoms. The van der Waals surface area contributed by atoms with Crippen LogP contribution in [0.3, 0.4) is 0 Å². The van der Waals surface area contributed by atoms with Crippen molar-refractivity contribution in [2.24, 2.45) is 5.92 Å². The molecule has 25 heavy (non-hydrogen) atoms. The molecule has 1 aliphatic heterocycles. The second-order valence-electron chi connectivity index (χ2n) is 6.44. The lowest BCUT2D eigenvalue weighted by Gasteiger charge is -2.31. The van der Waals surface area contributed by atoms with E-state index in [1.165, 1.54) is 15.6 Å². The van der Waals surface area contributed by atoms with Gasteiger partial charge in [0.2, 0.25) is 5.91 Å². The SMILES string of the molecule is Cc1ccc(C)c(NC(=O)[C@H]2CCCN(S(=O)(=O)c3cccs3)C2)c1. The highest BCUT2D eigenvalue weighted by Gasteiger charge is 2.33. The monoisotopic (exact) mass is 378 g/mol. The van der Waals surface area contributed by atoms with Crippen molar-refractivity contribution in [1.82, 2.24) is 4.31 Å². The van der Waals surface area contributed by atoms with E-state index in [0.29, 0.717) is 23.6 Å². The van der Waals surface area contributed by atoms with Crippen LogP contribution in [0.15, 0.2) is 39.9 Å². The predicted molar refractivity (Wildman–Crippen MR) is 100 cm³/mol. The molecule has 0 unspecified atom stereocenters. The standard InChI is InChI=1S/C18H22N2O3S2/c1-13-7-8-14(2)16(11-13)19-18(21)15-5-3-9-20(12-15)25(22,23)17-6-4-10-24-17/h4,6-8,10-11,15H,3,5,9,12H2,1-2H3,(H,19,21)/t15-/m0/s1. The van der Waals surface area contributed by atoms with E-state index in [9.17, 15) is 13.2 Å². The molecular weight excluding hydrogens is 356 g/mol. The molecule has 2 aromatic rings. The van der Waals surface area contributed by atoms with Gasteiger partial charge in [-0.2, -0.15) is 4.31 Å². The van der Waals surface area contributed by atoms with Crippen LogP contribution >= 0.6 is 11.3 Å². The third-order valence-corrected chi connectivity index (χ3v) is 7.73. The molecule has 1 fully saturated rings. The Hall–Kier alpha value is -1.70. The smallest absolute Gasteiger partial charge is 0.252 e. The number of nitrogens with one attached hydrogen (secondary N) is 1. The summed E-state index contributed by atoms with van der Waals surface area (Å²) < 4.78 is 27.1. The quantitative estimate of drug-likeness (QED) is 0.887. The molecule has 3 rings (SSSR count). The van der Waals surface area contributed by atoms with Crippen LogP contribution in [-0.2, 0) is 14.8 Å². The van der Waals surface area contributed by atoms with Gasteiger partial charge in [0.15, 0.2) is 0 Å². The van der Waals surface area contributed by atoms with Gasteiger partial charge in [0.05, 0.1) is 5.92 Å². The van der Waals surface area contributed by atoms with E-state index in [-0.39, 0.29) is 18.4 Å². The molecule has 1 aliphatic rings. The number of hydrogen-bond acceptors (Lipinski definition) is 4. The maximum atomic E-state index is 12.7. The van der Waals surface area contributed by atoms with Gasteiger partial charge in [-0.1, -0.05) is 18.2 Å². The zero-order valence-electron chi connectivity index (χ0n) is 14.4.